The molecule has 0 unspecified atom stereocenters. The Kier molecular flexibility index (Phi) is 41.3. The van der Waals surface area contributed by atoms with Crippen molar-refractivity contribution in [2.24, 2.45) is 0 Å². The summed E-state index contributed by atoms with van der Waals surface area (Å²) >= 11 is 13.3. The molecule has 3 aliphatic rings. The van der Waals surface area contributed by atoms with Gasteiger partial charge in [0.25, 0.3) is 23.4 Å². The van der Waals surface area contributed by atoms with E-state index in [2.05, 4.69) is 39.9 Å². The van der Waals surface area contributed by atoms with Gasteiger partial charge in [0.2, 0.25) is 11.7 Å². The molecule has 30 heteroatoms. The van der Waals surface area contributed by atoms with E-state index in [4.69, 9.17) is 24.5 Å². The van der Waals surface area contributed by atoms with E-state index in [1.165, 1.54) is 72.6 Å². The fraction of sp³-hybridized carbons (Fsp3) is 0.218. The number of fused-ring (bicyclic) bond motifs is 6. The molecule has 10 aromatic rings. The molecule has 117 heavy (non-hydrogen) atoms. The minimum atomic E-state index is -0.939. The van der Waals surface area contributed by atoms with E-state index in [-0.39, 0.29) is 54.8 Å². The Bertz CT molecular complexity index is 4970. The highest BCUT2D eigenvalue weighted by Gasteiger charge is 2.30. The number of nitro benzene ring substituents is 2. The fourth-order valence-corrected chi connectivity index (χ4v) is 15.9. The zero-order valence-corrected chi connectivity index (χ0v) is 69.1. The van der Waals surface area contributed by atoms with Crippen molar-refractivity contribution >= 4 is 152 Å². The van der Waals surface area contributed by atoms with Gasteiger partial charge in [0.15, 0.2) is 0 Å². The number of nitrogens with zero attached hydrogens (tertiary/aromatic N) is 4. The molecule has 0 aliphatic carbocycles. The number of carbonyl (C=O) groups is 8. The number of benzene rings is 10. The van der Waals surface area contributed by atoms with Gasteiger partial charge in [0.05, 0.1) is 79.9 Å². The number of thiol groups is 1. The highest BCUT2D eigenvalue weighted by Crippen LogP contribution is 2.44. The molecule has 0 atom stereocenters. The number of rotatable bonds is 23. The van der Waals surface area contributed by atoms with Crippen LogP contribution in [0.3, 0.4) is 0 Å². The summed E-state index contributed by atoms with van der Waals surface area (Å²) in [5.74, 6) is -3.20. The number of nitro groups is 2. The van der Waals surface area contributed by atoms with Crippen LogP contribution in [0, 0.1) is 26.0 Å². The van der Waals surface area contributed by atoms with Crippen molar-refractivity contribution in [3.63, 3.8) is 0 Å². The number of amides is 4. The second-order valence-electron chi connectivity index (χ2n) is 24.5. The van der Waals surface area contributed by atoms with Crippen LogP contribution >= 0.6 is 75.6 Å². The van der Waals surface area contributed by atoms with Crippen LogP contribution in [0.25, 0.3) is 0 Å². The predicted octanol–water partition coefficient (Wildman–Crippen LogP) is 21.5. The number of para-hydroxylation sites is 5. The zero-order chi connectivity index (χ0) is 83.7. The molecule has 0 saturated carbocycles. The number of hydrogen-bond acceptors (Lipinski definition) is 21. The lowest BCUT2D eigenvalue weighted by atomic mass is 10.1. The number of aromatic carboxylic acids is 1. The van der Waals surface area contributed by atoms with Gasteiger partial charge in [0.1, 0.15) is 6.54 Å². The molecule has 0 fully saturated rings. The number of anilines is 3. The molecule has 4 N–H and O–H groups in total. The van der Waals surface area contributed by atoms with Crippen molar-refractivity contribution in [2.45, 2.75) is 130 Å². The third-order valence-electron chi connectivity index (χ3n) is 16.5. The smallest absolute Gasteiger partial charge is 0.339 e. The molecule has 3 heterocycles. The number of hydroxylamine groups is 1. The number of methoxy groups -OCH3 is 1. The minimum Gasteiger partial charge on any atom is -0.478 e. The van der Waals surface area contributed by atoms with Gasteiger partial charge in [-0.15, -0.1) is 12.6 Å². The Morgan fingerprint density at radius 3 is 1.50 bits per heavy atom. The summed E-state index contributed by atoms with van der Waals surface area (Å²) in [7, 11) is 1.30. The standard InChI is InChI=1S/C20H22N2O3S.C17H15NO3S.C14H11NO4S.C13H9NOS.C9H17BrO2.C7H6O2S.C6H4FNO2.CH4/c23-19(21-25)13-3-1-2-8-14-22-16-10-5-7-12-18(16)26-17-11-6-4-9-15(17)20(22)24;1-2-21-16(19)11-18-13-8-4-6-10-15(13)22-14-9-5-3-7-12(14)17(18)20;1-19-14(16)10-6-2-4-8-12(10)20-13-9-5-3-7-11(13)15(17)18;15-13-9-5-1-3-7-11(9)16-12-8-4-2-6-10(12)14-13;1-2-12-9(11)7-5-3-4-6-8-10;8-7(9)5-3-1-2-4-6(5)10;7-5-3-1-2-4-6(5)8(9)10;/h4-7,9-12,25H,1-3,8,13-14H2,(H,21,23);3-10H,2,11H2,1H3;2-9H,1H3;1-8H,(H,14,15);2-8H2,1H3;1-4,10H,(H,8,9);1-4H;1H4. The minimum absolute atomic E-state index is 0. The van der Waals surface area contributed by atoms with E-state index in [9.17, 15) is 63.0 Å². The van der Waals surface area contributed by atoms with E-state index in [0.29, 0.717) is 58.4 Å². The maximum absolute atomic E-state index is 13.1. The van der Waals surface area contributed by atoms with Crippen LogP contribution < -0.4 is 20.6 Å². The summed E-state index contributed by atoms with van der Waals surface area (Å²) in [6.07, 6.45) is 8.82. The second kappa shape index (κ2) is 51.1. The molecule has 13 rings (SSSR count). The number of esters is 3. The van der Waals surface area contributed by atoms with E-state index < -0.39 is 39.3 Å². The quantitative estimate of drug-likeness (QED) is 0.00580. The molecular weight excluding hydrogens is 1660 g/mol. The number of carboxylic acids is 1. The predicted molar refractivity (Wildman–Crippen MR) is 461 cm³/mol. The Labute approximate surface area is 709 Å². The van der Waals surface area contributed by atoms with Crippen molar-refractivity contribution < 1.29 is 77.1 Å². The molecule has 0 saturated heterocycles. The molecular formula is C87H88BrFN6O17S5. The van der Waals surface area contributed by atoms with Crippen LogP contribution in [0.5, 0.6) is 0 Å². The Morgan fingerprint density at radius 1 is 0.521 bits per heavy atom. The van der Waals surface area contributed by atoms with Crippen molar-refractivity contribution in [1.82, 2.24) is 5.48 Å². The highest BCUT2D eigenvalue weighted by atomic mass is 79.9. The van der Waals surface area contributed by atoms with Gasteiger partial charge in [-0.1, -0.05) is 217 Å². The topological polar surface area (TPSA) is 322 Å². The van der Waals surface area contributed by atoms with Crippen molar-refractivity contribution in [1.29, 1.82) is 0 Å². The first kappa shape index (κ1) is 94.7. The number of unbranched alkanes of at least 4 members (excludes halogenated alkanes) is 6. The number of ether oxygens (including phenoxy) is 3. The second-order valence-corrected chi connectivity index (χ2v) is 30.1. The molecule has 612 valence electrons. The largest absolute Gasteiger partial charge is 0.478 e. The van der Waals surface area contributed by atoms with Gasteiger partial charge in [-0.05, 0) is 149 Å². The maximum Gasteiger partial charge on any atom is 0.339 e. The summed E-state index contributed by atoms with van der Waals surface area (Å²) in [6, 6.07) is 71.1. The van der Waals surface area contributed by atoms with Gasteiger partial charge in [-0.25, -0.2) is 15.1 Å². The summed E-state index contributed by atoms with van der Waals surface area (Å²) in [5.41, 5.74) is 6.47. The monoisotopic (exact) mass is 1750 g/mol. The SMILES string of the molecule is C.CCOC(=O)CCCCCCBr.CCOC(=O)CN1C(=O)c2ccccc2Sc2ccccc21.COC(=O)c1ccccc1Sc1ccccc1[N+](=O)[O-].O=C(CCCCCCN1C(=O)c2ccccc2Sc2ccccc21)NO.O=C(O)c1ccccc1S.O=C1Nc2ccccc2Sc2ccccc21.O=[N+]([O-])c1ccccc1F. The van der Waals surface area contributed by atoms with Crippen LogP contribution in [-0.4, -0.2) is 106 Å². The molecule has 0 spiro atoms. The van der Waals surface area contributed by atoms with Gasteiger partial charge in [-0.3, -0.25) is 59.1 Å². The van der Waals surface area contributed by atoms with E-state index in [1.54, 1.807) is 103 Å². The highest BCUT2D eigenvalue weighted by molar-refractivity contribution is 9.09. The molecule has 0 bridgehead atoms. The third-order valence-corrected chi connectivity index (χ3v) is 22.1. The zero-order valence-electron chi connectivity index (χ0n) is 63.3. The first-order valence-corrected chi connectivity index (χ1v) is 41.3. The Hall–Kier alpha value is -11.1. The third kappa shape index (κ3) is 29.8. The van der Waals surface area contributed by atoms with E-state index in [1.807, 2.05) is 145 Å². The molecule has 10 aromatic carbocycles. The van der Waals surface area contributed by atoms with Gasteiger partial charge in [-0.2, -0.15) is 4.39 Å². The number of alkyl halides is 1. The normalized spacial score (nSPS) is 11.5. The lowest BCUT2D eigenvalue weighted by Gasteiger charge is -2.23. The molecule has 23 nitrogen and oxygen atoms in total. The lowest BCUT2D eigenvalue weighted by Crippen LogP contribution is -2.36. The maximum atomic E-state index is 13.1. The number of hydrogen-bond donors (Lipinski definition) is 5. The van der Waals surface area contributed by atoms with Crippen LogP contribution in [0.2, 0.25) is 0 Å². The molecule has 4 amide bonds. The molecule has 0 radical (unpaired) electrons. The van der Waals surface area contributed by atoms with Crippen molar-refractivity contribution in [2.75, 3.05) is 53.9 Å². The van der Waals surface area contributed by atoms with Crippen LogP contribution in [0.1, 0.15) is 137 Å². The Balaban J connectivity index is 0.000000217. The van der Waals surface area contributed by atoms with Crippen LogP contribution in [-0.2, 0) is 28.6 Å². The van der Waals surface area contributed by atoms with E-state index >= 15 is 0 Å². The first-order chi connectivity index (χ1) is 56.1. The van der Waals surface area contributed by atoms with Crippen molar-refractivity contribution in [3.05, 3.63) is 297 Å². The molecule has 3 aliphatic heterocycles. The number of carbonyl (C=O) groups excluding carboxylic acids is 7. The summed E-state index contributed by atoms with van der Waals surface area (Å²) in [5, 5.41) is 42.0. The summed E-state index contributed by atoms with van der Waals surface area (Å²) in [4.78, 5) is 124. The summed E-state index contributed by atoms with van der Waals surface area (Å²) < 4.78 is 26.9. The summed E-state index contributed by atoms with van der Waals surface area (Å²) in [6.45, 7) is 4.95. The number of carboxylic acid groups (broad SMARTS) is 1. The average molecular weight is 1750 g/mol. The van der Waals surface area contributed by atoms with Crippen molar-refractivity contribution in [3.8, 4) is 0 Å². The van der Waals surface area contributed by atoms with E-state index in [0.717, 1.165) is 114 Å². The van der Waals surface area contributed by atoms with Crippen LogP contribution in [0.15, 0.2) is 287 Å². The van der Waals surface area contributed by atoms with Crippen LogP contribution in [0.4, 0.5) is 32.8 Å². The average Bonchev–Trinajstić information content (AvgIpc) is 1.66. The molecule has 0 aromatic heterocycles. The first-order valence-electron chi connectivity index (χ1n) is 36.4. The van der Waals surface area contributed by atoms with Gasteiger partial charge >= 0.3 is 29.6 Å². The van der Waals surface area contributed by atoms with Gasteiger partial charge in [0, 0.05) is 76.0 Å². The number of nitrogens with one attached hydrogen (secondary N) is 2. The fourth-order valence-electron chi connectivity index (χ4n) is 11.0. The lowest BCUT2D eigenvalue weighted by molar-refractivity contribution is -0.387. The number of halogens is 2. The van der Waals surface area contributed by atoms with Gasteiger partial charge < -0.3 is 29.5 Å². The Morgan fingerprint density at radius 2 is 0.957 bits per heavy atom.